The lowest BCUT2D eigenvalue weighted by molar-refractivity contribution is -0.122. The Bertz CT molecular complexity index is 1100. The lowest BCUT2D eigenvalue weighted by atomic mass is 10.0. The summed E-state index contributed by atoms with van der Waals surface area (Å²) in [6, 6.07) is 13.7. The Hall–Kier alpha value is -4.12. The first-order valence-corrected chi connectivity index (χ1v) is 8.81. The second-order valence-electron chi connectivity index (χ2n) is 6.34. The molecular formula is C21H18N4O4. The summed E-state index contributed by atoms with van der Waals surface area (Å²) in [4.78, 5) is 36.4. The third-order valence-corrected chi connectivity index (χ3v) is 4.45. The van der Waals surface area contributed by atoms with E-state index >= 15 is 0 Å². The molecule has 3 aromatic rings. The summed E-state index contributed by atoms with van der Waals surface area (Å²) in [5, 5.41) is 24.0. The van der Waals surface area contributed by atoms with Gasteiger partial charge in [-0.1, -0.05) is 18.2 Å². The highest BCUT2D eigenvalue weighted by atomic mass is 16.3. The first-order chi connectivity index (χ1) is 14.0. The molecule has 3 N–H and O–H groups in total. The van der Waals surface area contributed by atoms with Crippen LogP contribution in [0.5, 0.6) is 5.75 Å². The highest BCUT2D eigenvalue weighted by Crippen LogP contribution is 2.22. The summed E-state index contributed by atoms with van der Waals surface area (Å²) in [7, 11) is 0. The monoisotopic (exact) mass is 390 g/mol. The molecule has 1 atom stereocenters. The van der Waals surface area contributed by atoms with Gasteiger partial charge in [-0.15, -0.1) is 0 Å². The van der Waals surface area contributed by atoms with Crippen molar-refractivity contribution in [2.24, 2.45) is 0 Å². The van der Waals surface area contributed by atoms with E-state index < -0.39 is 17.9 Å². The quantitative estimate of drug-likeness (QED) is 0.415. The third kappa shape index (κ3) is 4.42. The number of nitrogens with one attached hydrogen (secondary N) is 2. The molecule has 0 saturated carbocycles. The maximum atomic E-state index is 12.6. The molecule has 0 fully saturated rings. The van der Waals surface area contributed by atoms with Crippen LogP contribution < -0.4 is 10.6 Å². The first-order valence-electron chi connectivity index (χ1n) is 8.81. The van der Waals surface area contributed by atoms with E-state index in [1.54, 1.807) is 18.3 Å². The molecular weight excluding hydrogens is 372 g/mol. The molecule has 1 aromatic heterocycles. The molecule has 1 heterocycles. The number of phenolic OH excluding ortho intramolecular Hbond substituents is 1. The molecule has 29 heavy (non-hydrogen) atoms. The molecule has 0 unspecified atom stereocenters. The summed E-state index contributed by atoms with van der Waals surface area (Å²) >= 11 is 0. The first kappa shape index (κ1) is 19.6. The summed E-state index contributed by atoms with van der Waals surface area (Å²) in [5.74, 6) is -0.991. The minimum absolute atomic E-state index is 0.0199. The summed E-state index contributed by atoms with van der Waals surface area (Å²) in [5.41, 5.74) is 1.67. The van der Waals surface area contributed by atoms with Gasteiger partial charge in [-0.25, -0.2) is 0 Å². The number of aromatic hydroxyl groups is 1. The molecule has 2 amide bonds. The van der Waals surface area contributed by atoms with E-state index in [-0.39, 0.29) is 24.3 Å². The van der Waals surface area contributed by atoms with Gasteiger partial charge in [0.2, 0.25) is 12.3 Å². The van der Waals surface area contributed by atoms with E-state index in [1.807, 2.05) is 18.2 Å². The largest absolute Gasteiger partial charge is 0.508 e. The Morgan fingerprint density at radius 2 is 1.90 bits per heavy atom. The van der Waals surface area contributed by atoms with Crippen LogP contribution in [0.1, 0.15) is 15.9 Å². The van der Waals surface area contributed by atoms with E-state index in [4.69, 9.17) is 5.26 Å². The van der Waals surface area contributed by atoms with Crippen LogP contribution in [0, 0.1) is 11.3 Å². The molecule has 0 aliphatic heterocycles. The molecule has 0 radical (unpaired) electrons. The number of benzene rings is 2. The SMILES string of the molecule is N#CCNC(=O)[C@H](Cc1cn(C=O)c2ccccc12)NC(=O)c1ccc(O)cc1. The van der Waals surface area contributed by atoms with Crippen LogP contribution in [-0.2, 0) is 16.0 Å². The van der Waals surface area contributed by atoms with Gasteiger partial charge in [-0.3, -0.25) is 19.0 Å². The van der Waals surface area contributed by atoms with Crippen LogP contribution in [0.2, 0.25) is 0 Å². The average Bonchev–Trinajstić information content (AvgIpc) is 3.09. The van der Waals surface area contributed by atoms with Gasteiger partial charge in [-0.05, 0) is 35.9 Å². The van der Waals surface area contributed by atoms with Crippen LogP contribution >= 0.6 is 0 Å². The number of hydrogen-bond acceptors (Lipinski definition) is 5. The molecule has 3 rings (SSSR count). The van der Waals surface area contributed by atoms with Crippen molar-refractivity contribution in [3.8, 4) is 11.8 Å². The number of phenols is 1. The number of amides is 2. The van der Waals surface area contributed by atoms with Crippen molar-refractivity contribution < 1.29 is 19.5 Å². The average molecular weight is 390 g/mol. The van der Waals surface area contributed by atoms with Crippen molar-refractivity contribution in [3.05, 3.63) is 65.9 Å². The Morgan fingerprint density at radius 1 is 1.17 bits per heavy atom. The van der Waals surface area contributed by atoms with Gasteiger partial charge in [0.15, 0.2) is 0 Å². The fraction of sp³-hybridized carbons (Fsp3) is 0.143. The lowest BCUT2D eigenvalue weighted by Gasteiger charge is -2.17. The van der Waals surface area contributed by atoms with E-state index in [0.717, 1.165) is 5.39 Å². The van der Waals surface area contributed by atoms with Crippen LogP contribution in [-0.4, -0.2) is 40.5 Å². The summed E-state index contributed by atoms with van der Waals surface area (Å²) in [6.07, 6.45) is 2.42. The molecule has 8 heteroatoms. The Balaban J connectivity index is 1.89. The molecule has 2 aromatic carbocycles. The van der Waals surface area contributed by atoms with Crippen molar-refractivity contribution in [3.63, 3.8) is 0 Å². The number of rotatable bonds is 7. The van der Waals surface area contributed by atoms with E-state index in [0.29, 0.717) is 17.5 Å². The fourth-order valence-corrected chi connectivity index (χ4v) is 3.06. The smallest absolute Gasteiger partial charge is 0.251 e. The zero-order chi connectivity index (χ0) is 20.8. The predicted octanol–water partition coefficient (Wildman–Crippen LogP) is 1.37. The Morgan fingerprint density at radius 3 is 2.59 bits per heavy atom. The van der Waals surface area contributed by atoms with Crippen LogP contribution in [0.15, 0.2) is 54.7 Å². The number of aromatic nitrogens is 1. The van der Waals surface area contributed by atoms with Gasteiger partial charge in [0.25, 0.3) is 5.91 Å². The number of carbonyl (C=O) groups excluding carboxylic acids is 3. The predicted molar refractivity (Wildman–Crippen MR) is 106 cm³/mol. The topological polar surface area (TPSA) is 124 Å². The van der Waals surface area contributed by atoms with Gasteiger partial charge >= 0.3 is 0 Å². The standard InChI is InChI=1S/C21H18N4O4/c22-9-10-23-21(29)18(24-20(28)14-5-7-16(27)8-6-14)11-15-12-25(13-26)19-4-2-1-3-17(15)19/h1-8,12-13,18,27H,10-11H2,(H,23,29)(H,24,28)/t18-/m0/s1. The van der Waals surface area contributed by atoms with Crippen LogP contribution in [0.4, 0.5) is 0 Å². The van der Waals surface area contributed by atoms with Crippen molar-refractivity contribution in [1.29, 1.82) is 5.26 Å². The zero-order valence-electron chi connectivity index (χ0n) is 15.3. The van der Waals surface area contributed by atoms with Crippen molar-refractivity contribution >= 4 is 29.1 Å². The normalized spacial score (nSPS) is 11.4. The zero-order valence-corrected chi connectivity index (χ0v) is 15.3. The van der Waals surface area contributed by atoms with E-state index in [2.05, 4.69) is 10.6 Å². The summed E-state index contributed by atoms with van der Waals surface area (Å²) in [6.45, 7) is -0.194. The second kappa shape index (κ2) is 8.71. The third-order valence-electron chi connectivity index (χ3n) is 4.45. The van der Waals surface area contributed by atoms with Crippen molar-refractivity contribution in [1.82, 2.24) is 15.2 Å². The van der Waals surface area contributed by atoms with Crippen LogP contribution in [0.3, 0.4) is 0 Å². The number of nitrogens with zero attached hydrogens (tertiary/aromatic N) is 2. The number of carbonyl (C=O) groups is 3. The molecule has 0 aliphatic carbocycles. The molecule has 8 nitrogen and oxygen atoms in total. The molecule has 146 valence electrons. The van der Waals surface area contributed by atoms with E-state index in [1.165, 1.54) is 28.8 Å². The Kier molecular flexibility index (Phi) is 5.90. The highest BCUT2D eigenvalue weighted by molar-refractivity contribution is 5.98. The van der Waals surface area contributed by atoms with Gasteiger partial charge in [-0.2, -0.15) is 5.26 Å². The lowest BCUT2D eigenvalue weighted by Crippen LogP contribution is -2.48. The van der Waals surface area contributed by atoms with Gasteiger partial charge < -0.3 is 15.7 Å². The minimum atomic E-state index is -0.962. The van der Waals surface area contributed by atoms with Gasteiger partial charge in [0.1, 0.15) is 18.3 Å². The second-order valence-corrected chi connectivity index (χ2v) is 6.34. The van der Waals surface area contributed by atoms with Gasteiger partial charge in [0.05, 0.1) is 11.6 Å². The fourth-order valence-electron chi connectivity index (χ4n) is 3.06. The highest BCUT2D eigenvalue weighted by Gasteiger charge is 2.23. The van der Waals surface area contributed by atoms with Gasteiger partial charge in [0, 0.05) is 23.6 Å². The summed E-state index contributed by atoms with van der Waals surface area (Å²) < 4.78 is 1.41. The number of hydrogen-bond donors (Lipinski definition) is 3. The van der Waals surface area contributed by atoms with E-state index in [9.17, 15) is 19.5 Å². The maximum Gasteiger partial charge on any atom is 0.251 e. The molecule has 0 saturated heterocycles. The molecule has 0 aliphatic rings. The number of para-hydroxylation sites is 1. The Labute approximate surface area is 166 Å². The minimum Gasteiger partial charge on any atom is -0.508 e. The number of nitriles is 1. The van der Waals surface area contributed by atoms with Crippen molar-refractivity contribution in [2.75, 3.05) is 6.54 Å². The van der Waals surface area contributed by atoms with Crippen LogP contribution in [0.25, 0.3) is 10.9 Å². The number of fused-ring (bicyclic) bond motifs is 1. The molecule has 0 spiro atoms. The molecule has 0 bridgehead atoms. The van der Waals surface area contributed by atoms with Crippen molar-refractivity contribution in [2.45, 2.75) is 12.5 Å². The maximum absolute atomic E-state index is 12.6.